The summed E-state index contributed by atoms with van der Waals surface area (Å²) in [6.07, 6.45) is 1.54. The van der Waals surface area contributed by atoms with Crippen LogP contribution in [0.15, 0.2) is 59.1 Å². The van der Waals surface area contributed by atoms with Crippen LogP contribution in [0.3, 0.4) is 0 Å². The van der Waals surface area contributed by atoms with E-state index in [0.29, 0.717) is 11.4 Å². The van der Waals surface area contributed by atoms with E-state index in [4.69, 9.17) is 4.42 Å². The van der Waals surface area contributed by atoms with Crippen molar-refractivity contribution in [1.82, 2.24) is 4.98 Å². The van der Waals surface area contributed by atoms with Crippen LogP contribution in [-0.4, -0.2) is 10.9 Å². The van der Waals surface area contributed by atoms with Gasteiger partial charge < -0.3 is 15.1 Å². The normalized spacial score (nSPS) is 10.3. The maximum atomic E-state index is 13.6. The monoisotopic (exact) mass is 311 g/mol. The molecule has 0 aliphatic heterocycles. The molecule has 2 N–H and O–H groups in total. The molecule has 0 bridgehead atoms. The molecule has 0 fully saturated rings. The lowest BCUT2D eigenvalue weighted by Crippen LogP contribution is -2.05. The summed E-state index contributed by atoms with van der Waals surface area (Å²) in [6, 6.07) is 13.6. The molecule has 1 heterocycles. The third-order valence-corrected chi connectivity index (χ3v) is 3.09. The molecule has 0 unspecified atom stereocenters. The average Bonchev–Trinajstić information content (AvgIpc) is 2.98. The van der Waals surface area contributed by atoms with Gasteiger partial charge in [0.05, 0.1) is 11.9 Å². The van der Waals surface area contributed by atoms with Crippen molar-refractivity contribution in [2.24, 2.45) is 0 Å². The zero-order valence-electron chi connectivity index (χ0n) is 12.3. The van der Waals surface area contributed by atoms with Crippen molar-refractivity contribution in [1.29, 1.82) is 0 Å². The fraction of sp³-hybridized carbons (Fsp3) is 0.0588. The Bertz CT molecular complexity index is 845. The smallest absolute Gasteiger partial charge is 0.299 e. The van der Waals surface area contributed by atoms with Gasteiger partial charge in [-0.1, -0.05) is 24.3 Å². The van der Waals surface area contributed by atoms with Crippen molar-refractivity contribution < 1.29 is 13.6 Å². The zero-order valence-corrected chi connectivity index (χ0v) is 12.3. The second-order valence-electron chi connectivity index (χ2n) is 4.90. The third kappa shape index (κ3) is 3.55. The molecule has 0 spiro atoms. The molecule has 0 aliphatic carbocycles. The topological polar surface area (TPSA) is 67.2 Å². The van der Waals surface area contributed by atoms with Gasteiger partial charge in [0.2, 0.25) is 5.91 Å². The second kappa shape index (κ2) is 6.31. The highest BCUT2D eigenvalue weighted by atomic mass is 19.1. The van der Waals surface area contributed by atoms with E-state index in [0.717, 1.165) is 5.56 Å². The Labute approximate surface area is 132 Å². The number of benzene rings is 2. The molecule has 0 saturated carbocycles. The van der Waals surface area contributed by atoms with Gasteiger partial charge in [0, 0.05) is 18.2 Å². The van der Waals surface area contributed by atoms with Gasteiger partial charge in [-0.25, -0.2) is 9.37 Å². The summed E-state index contributed by atoms with van der Waals surface area (Å²) in [4.78, 5) is 15.2. The van der Waals surface area contributed by atoms with Crippen molar-refractivity contribution >= 4 is 23.3 Å². The molecule has 0 atom stereocenters. The molecule has 23 heavy (non-hydrogen) atoms. The van der Waals surface area contributed by atoms with Crippen LogP contribution in [0.4, 0.5) is 21.8 Å². The second-order valence-corrected chi connectivity index (χ2v) is 4.90. The van der Waals surface area contributed by atoms with Crippen molar-refractivity contribution in [2.75, 3.05) is 10.6 Å². The Kier molecular flexibility index (Phi) is 4.05. The number of carbonyl (C=O) groups is 1. The summed E-state index contributed by atoms with van der Waals surface area (Å²) >= 11 is 0. The number of para-hydroxylation sites is 1. The molecule has 0 saturated heterocycles. The molecule has 116 valence electrons. The van der Waals surface area contributed by atoms with E-state index in [9.17, 15) is 9.18 Å². The highest BCUT2D eigenvalue weighted by Gasteiger charge is 2.09. The molecule has 2 aromatic carbocycles. The summed E-state index contributed by atoms with van der Waals surface area (Å²) in [6.45, 7) is 1.44. The van der Waals surface area contributed by atoms with E-state index in [2.05, 4.69) is 15.6 Å². The minimum absolute atomic E-state index is 0.151. The van der Waals surface area contributed by atoms with Gasteiger partial charge in [0.15, 0.2) is 5.76 Å². The first-order valence-corrected chi connectivity index (χ1v) is 6.97. The minimum Gasteiger partial charge on any atom is -0.423 e. The van der Waals surface area contributed by atoms with Crippen molar-refractivity contribution in [3.63, 3.8) is 0 Å². The number of nitrogens with one attached hydrogen (secondary N) is 2. The number of aromatic nitrogens is 1. The van der Waals surface area contributed by atoms with Crippen LogP contribution < -0.4 is 10.6 Å². The number of anilines is 3. The van der Waals surface area contributed by atoms with Crippen LogP contribution in [0.2, 0.25) is 0 Å². The third-order valence-electron chi connectivity index (χ3n) is 3.09. The fourth-order valence-electron chi connectivity index (χ4n) is 2.10. The number of halogens is 1. The predicted octanol–water partition coefficient (Wildman–Crippen LogP) is 4.18. The Morgan fingerprint density at radius 1 is 1.17 bits per heavy atom. The first-order chi connectivity index (χ1) is 11.1. The van der Waals surface area contributed by atoms with Crippen LogP contribution in [0.5, 0.6) is 0 Å². The molecule has 1 amide bonds. The van der Waals surface area contributed by atoms with E-state index >= 15 is 0 Å². The van der Waals surface area contributed by atoms with E-state index in [1.54, 1.807) is 36.4 Å². The number of hydrogen-bond acceptors (Lipinski definition) is 4. The molecule has 5 nitrogen and oxygen atoms in total. The molecule has 3 aromatic rings. The van der Waals surface area contributed by atoms with Crippen LogP contribution in [0.25, 0.3) is 11.3 Å². The molecular weight excluding hydrogens is 297 g/mol. The Morgan fingerprint density at radius 3 is 2.78 bits per heavy atom. The van der Waals surface area contributed by atoms with Gasteiger partial charge in [-0.15, -0.1) is 0 Å². The highest BCUT2D eigenvalue weighted by Crippen LogP contribution is 2.27. The summed E-state index contributed by atoms with van der Waals surface area (Å²) in [5.74, 6) is -0.0300. The number of nitrogens with zero attached hydrogens (tertiary/aromatic N) is 1. The number of carbonyl (C=O) groups excluding carboxylic acids is 1. The van der Waals surface area contributed by atoms with Crippen molar-refractivity contribution in [3.05, 3.63) is 60.5 Å². The molecular formula is C17H14FN3O2. The SMILES string of the molecule is CC(=O)Nc1cccc(-c2cnc(Nc3ccccc3F)o2)c1. The molecule has 1 aromatic heterocycles. The summed E-state index contributed by atoms with van der Waals surface area (Å²) in [5.41, 5.74) is 1.70. The van der Waals surface area contributed by atoms with Gasteiger partial charge in [0.1, 0.15) is 5.82 Å². The first kappa shape index (κ1) is 14.8. The number of oxazole rings is 1. The summed E-state index contributed by atoms with van der Waals surface area (Å²) in [5, 5.41) is 5.49. The number of rotatable bonds is 4. The lowest BCUT2D eigenvalue weighted by molar-refractivity contribution is -0.114. The van der Waals surface area contributed by atoms with Crippen molar-refractivity contribution in [3.8, 4) is 11.3 Å². The molecule has 0 aliphatic rings. The number of hydrogen-bond donors (Lipinski definition) is 2. The van der Waals surface area contributed by atoms with Crippen LogP contribution in [0.1, 0.15) is 6.92 Å². The van der Waals surface area contributed by atoms with E-state index in [1.807, 2.05) is 6.07 Å². The van der Waals surface area contributed by atoms with Gasteiger partial charge in [-0.3, -0.25) is 4.79 Å². The maximum Gasteiger partial charge on any atom is 0.299 e. The average molecular weight is 311 g/mol. The van der Waals surface area contributed by atoms with Gasteiger partial charge in [-0.05, 0) is 24.3 Å². The van der Waals surface area contributed by atoms with Crippen LogP contribution in [-0.2, 0) is 4.79 Å². The lowest BCUT2D eigenvalue weighted by Gasteiger charge is -2.04. The van der Waals surface area contributed by atoms with E-state index < -0.39 is 0 Å². The first-order valence-electron chi connectivity index (χ1n) is 6.97. The van der Waals surface area contributed by atoms with E-state index in [1.165, 1.54) is 19.2 Å². The van der Waals surface area contributed by atoms with Gasteiger partial charge in [0.25, 0.3) is 6.01 Å². The Hall–Kier alpha value is -3.15. The molecule has 0 radical (unpaired) electrons. The van der Waals surface area contributed by atoms with Crippen LogP contribution >= 0.6 is 0 Å². The predicted molar refractivity (Wildman–Crippen MR) is 85.9 cm³/mol. The quantitative estimate of drug-likeness (QED) is 0.758. The molecule has 3 rings (SSSR count). The molecule has 6 heteroatoms. The Balaban J connectivity index is 1.82. The van der Waals surface area contributed by atoms with Crippen LogP contribution in [0, 0.1) is 5.82 Å². The van der Waals surface area contributed by atoms with Crippen molar-refractivity contribution in [2.45, 2.75) is 6.92 Å². The lowest BCUT2D eigenvalue weighted by atomic mass is 10.1. The fourth-order valence-corrected chi connectivity index (χ4v) is 2.10. The maximum absolute atomic E-state index is 13.6. The summed E-state index contributed by atoms with van der Waals surface area (Å²) in [7, 11) is 0. The Morgan fingerprint density at radius 2 is 2.00 bits per heavy atom. The van der Waals surface area contributed by atoms with Gasteiger partial charge >= 0.3 is 0 Å². The van der Waals surface area contributed by atoms with Gasteiger partial charge in [-0.2, -0.15) is 0 Å². The van der Waals surface area contributed by atoms with E-state index in [-0.39, 0.29) is 23.4 Å². The highest BCUT2D eigenvalue weighted by molar-refractivity contribution is 5.89. The largest absolute Gasteiger partial charge is 0.423 e. The zero-order chi connectivity index (χ0) is 16.2. The standard InChI is InChI=1S/C17H14FN3O2/c1-11(22)20-13-6-4-5-12(9-13)16-10-19-17(23-16)21-15-8-3-2-7-14(15)18/h2-10H,1H3,(H,19,21)(H,20,22). The number of amides is 1. The minimum atomic E-state index is -0.389. The summed E-state index contributed by atoms with van der Waals surface area (Å²) < 4.78 is 19.2.